The molecule has 0 spiro atoms. The molecule has 8 nitrogen and oxygen atoms in total. The zero-order chi connectivity index (χ0) is 15.7. The van der Waals surface area contributed by atoms with Gasteiger partial charge in [0.25, 0.3) is 0 Å². The largest absolute Gasteiger partial charge is 0.463 e. The summed E-state index contributed by atoms with van der Waals surface area (Å²) in [7, 11) is 1.82. The lowest BCUT2D eigenvalue weighted by Gasteiger charge is -2.12. The third kappa shape index (κ3) is 6.73. The van der Waals surface area contributed by atoms with Crippen LogP contribution in [0.1, 0.15) is 33.0 Å². The van der Waals surface area contributed by atoms with Gasteiger partial charge in [-0.1, -0.05) is 0 Å². The Bertz CT molecular complexity index is 469. The van der Waals surface area contributed by atoms with Crippen molar-refractivity contribution in [1.82, 2.24) is 25.4 Å². The van der Waals surface area contributed by atoms with Gasteiger partial charge >= 0.3 is 5.97 Å². The smallest absolute Gasteiger partial charge is 0.307 e. The van der Waals surface area contributed by atoms with Crippen LogP contribution in [-0.2, 0) is 23.1 Å². The molecule has 1 aromatic heterocycles. The highest BCUT2D eigenvalue weighted by Crippen LogP contribution is 1.94. The molecular weight excluding hydrogens is 272 g/mol. The second kappa shape index (κ2) is 8.93. The number of ether oxygens (including phenoxy) is 1. The van der Waals surface area contributed by atoms with Crippen LogP contribution < -0.4 is 10.6 Å². The van der Waals surface area contributed by atoms with E-state index in [0.717, 1.165) is 12.4 Å². The molecule has 118 valence electrons. The van der Waals surface area contributed by atoms with E-state index >= 15 is 0 Å². The van der Waals surface area contributed by atoms with Gasteiger partial charge < -0.3 is 15.4 Å². The lowest BCUT2D eigenvalue weighted by atomic mass is 10.4. The Morgan fingerprint density at radius 3 is 2.81 bits per heavy atom. The summed E-state index contributed by atoms with van der Waals surface area (Å²) in [6.07, 6.45) is 1.70. The Morgan fingerprint density at radius 2 is 2.24 bits per heavy atom. The number of aromatic nitrogens is 3. The number of aliphatic imine (C=N–C) groups is 1. The van der Waals surface area contributed by atoms with Gasteiger partial charge in [0.15, 0.2) is 5.96 Å². The molecule has 1 aromatic rings. The zero-order valence-electron chi connectivity index (χ0n) is 13.1. The maximum absolute atomic E-state index is 11.4. The molecule has 0 radical (unpaired) electrons. The minimum Gasteiger partial charge on any atom is -0.463 e. The van der Waals surface area contributed by atoms with E-state index in [1.165, 1.54) is 6.33 Å². The second-order valence-corrected chi connectivity index (χ2v) is 4.71. The molecule has 0 aliphatic carbocycles. The summed E-state index contributed by atoms with van der Waals surface area (Å²) in [5.41, 5.74) is 0. The van der Waals surface area contributed by atoms with Gasteiger partial charge in [0.2, 0.25) is 0 Å². The van der Waals surface area contributed by atoms with Crippen molar-refractivity contribution in [2.75, 3.05) is 13.1 Å². The molecule has 1 rings (SSSR count). The fourth-order valence-corrected chi connectivity index (χ4v) is 1.56. The van der Waals surface area contributed by atoms with Crippen molar-refractivity contribution >= 4 is 11.9 Å². The van der Waals surface area contributed by atoms with Crippen LogP contribution in [0.5, 0.6) is 0 Å². The van der Waals surface area contributed by atoms with Gasteiger partial charge in [0, 0.05) is 20.1 Å². The van der Waals surface area contributed by atoms with Crippen LogP contribution >= 0.6 is 0 Å². The Balaban J connectivity index is 2.42. The minimum atomic E-state index is -0.221. The van der Waals surface area contributed by atoms with E-state index in [1.54, 1.807) is 4.68 Å². The predicted octanol–water partition coefficient (Wildman–Crippen LogP) is 0.212. The molecule has 0 saturated heterocycles. The molecule has 0 fully saturated rings. The lowest BCUT2D eigenvalue weighted by molar-refractivity contribution is -0.147. The van der Waals surface area contributed by atoms with Gasteiger partial charge in [-0.3, -0.25) is 9.48 Å². The molecule has 0 aliphatic heterocycles. The number of carbonyl (C=O) groups is 1. The maximum Gasteiger partial charge on any atom is 0.307 e. The molecule has 2 N–H and O–H groups in total. The van der Waals surface area contributed by atoms with Crippen molar-refractivity contribution in [3.05, 3.63) is 12.2 Å². The molecule has 0 atom stereocenters. The first kappa shape index (κ1) is 16.9. The van der Waals surface area contributed by atoms with Gasteiger partial charge in [-0.25, -0.2) is 9.98 Å². The van der Waals surface area contributed by atoms with Crippen LogP contribution in [0.4, 0.5) is 0 Å². The van der Waals surface area contributed by atoms with E-state index in [4.69, 9.17) is 4.74 Å². The van der Waals surface area contributed by atoms with Crippen LogP contribution in [0, 0.1) is 0 Å². The van der Waals surface area contributed by atoms with Crippen molar-refractivity contribution in [2.24, 2.45) is 12.0 Å². The summed E-state index contributed by atoms with van der Waals surface area (Å²) in [5, 5.41) is 10.2. The number of esters is 1. The van der Waals surface area contributed by atoms with Crippen molar-refractivity contribution in [3.8, 4) is 0 Å². The first-order valence-electron chi connectivity index (χ1n) is 7.07. The van der Waals surface area contributed by atoms with E-state index < -0.39 is 0 Å². The van der Waals surface area contributed by atoms with E-state index in [0.29, 0.717) is 25.5 Å². The summed E-state index contributed by atoms with van der Waals surface area (Å²) in [4.78, 5) is 19.9. The molecule has 1 heterocycles. The van der Waals surface area contributed by atoms with Crippen molar-refractivity contribution in [1.29, 1.82) is 0 Å². The summed E-state index contributed by atoms with van der Waals surface area (Å²) < 4.78 is 6.74. The standard InChI is InChI=1S/C13H24N6O2/c1-5-14-13(15-7-6-12(20)21-10(2)3)16-8-11-17-9-18-19(11)4/h9-10H,5-8H2,1-4H3,(H2,14,15,16). The number of aryl methyl sites for hydroxylation is 1. The summed E-state index contributed by atoms with van der Waals surface area (Å²) in [6, 6.07) is 0. The zero-order valence-corrected chi connectivity index (χ0v) is 13.1. The van der Waals surface area contributed by atoms with E-state index in [1.807, 2.05) is 27.8 Å². The van der Waals surface area contributed by atoms with E-state index in [9.17, 15) is 4.79 Å². The monoisotopic (exact) mass is 296 g/mol. The normalized spacial score (nSPS) is 11.6. The highest BCUT2D eigenvalue weighted by Gasteiger charge is 2.06. The SMILES string of the molecule is CCNC(=NCc1ncnn1C)NCCC(=O)OC(C)C. The fraction of sp³-hybridized carbons (Fsp3) is 0.692. The lowest BCUT2D eigenvalue weighted by Crippen LogP contribution is -2.38. The van der Waals surface area contributed by atoms with Gasteiger partial charge in [0.1, 0.15) is 18.7 Å². The van der Waals surface area contributed by atoms with E-state index in [-0.39, 0.29) is 12.1 Å². The van der Waals surface area contributed by atoms with Crippen LogP contribution in [0.2, 0.25) is 0 Å². The van der Waals surface area contributed by atoms with Gasteiger partial charge in [-0.05, 0) is 20.8 Å². The van der Waals surface area contributed by atoms with Crippen molar-refractivity contribution in [2.45, 2.75) is 39.8 Å². The average molecular weight is 296 g/mol. The van der Waals surface area contributed by atoms with Crippen LogP contribution in [0.25, 0.3) is 0 Å². The number of carbonyl (C=O) groups excluding carboxylic acids is 1. The summed E-state index contributed by atoms with van der Waals surface area (Å²) in [5.74, 6) is 1.19. The first-order valence-corrected chi connectivity index (χ1v) is 7.07. The van der Waals surface area contributed by atoms with Gasteiger partial charge in [0.05, 0.1) is 12.5 Å². The molecule has 21 heavy (non-hydrogen) atoms. The minimum absolute atomic E-state index is 0.0877. The predicted molar refractivity (Wildman–Crippen MR) is 79.7 cm³/mol. The maximum atomic E-state index is 11.4. The third-order valence-corrected chi connectivity index (χ3v) is 2.52. The Hall–Kier alpha value is -2.12. The average Bonchev–Trinajstić information content (AvgIpc) is 2.80. The number of guanidine groups is 1. The second-order valence-electron chi connectivity index (χ2n) is 4.71. The number of hydrogen-bond donors (Lipinski definition) is 2. The van der Waals surface area contributed by atoms with Crippen molar-refractivity contribution in [3.63, 3.8) is 0 Å². The highest BCUT2D eigenvalue weighted by atomic mass is 16.5. The van der Waals surface area contributed by atoms with Gasteiger partial charge in [-0.2, -0.15) is 5.10 Å². The van der Waals surface area contributed by atoms with Crippen LogP contribution in [0.15, 0.2) is 11.3 Å². The summed E-state index contributed by atoms with van der Waals surface area (Å²) in [6.45, 7) is 7.27. The molecule has 8 heteroatoms. The van der Waals surface area contributed by atoms with Crippen LogP contribution in [-0.4, -0.2) is 45.9 Å². The molecule has 0 aliphatic rings. The fourth-order valence-electron chi connectivity index (χ4n) is 1.56. The Kier molecular flexibility index (Phi) is 7.20. The molecule has 0 saturated carbocycles. The Labute approximate surface area is 125 Å². The molecule has 0 unspecified atom stereocenters. The van der Waals surface area contributed by atoms with Crippen molar-refractivity contribution < 1.29 is 9.53 Å². The quantitative estimate of drug-likeness (QED) is 0.424. The molecular formula is C13H24N6O2. The number of nitrogens with zero attached hydrogens (tertiary/aromatic N) is 4. The molecule has 0 bridgehead atoms. The Morgan fingerprint density at radius 1 is 1.48 bits per heavy atom. The summed E-state index contributed by atoms with van der Waals surface area (Å²) >= 11 is 0. The van der Waals surface area contributed by atoms with Crippen LogP contribution in [0.3, 0.4) is 0 Å². The number of rotatable bonds is 7. The molecule has 0 aromatic carbocycles. The molecule has 0 amide bonds. The number of hydrogen-bond acceptors (Lipinski definition) is 5. The number of nitrogens with one attached hydrogen (secondary N) is 2. The third-order valence-electron chi connectivity index (χ3n) is 2.52. The van der Waals surface area contributed by atoms with Gasteiger partial charge in [-0.15, -0.1) is 0 Å². The highest BCUT2D eigenvalue weighted by molar-refractivity contribution is 5.80. The van der Waals surface area contributed by atoms with E-state index in [2.05, 4.69) is 25.7 Å². The first-order chi connectivity index (χ1) is 10.0. The topological polar surface area (TPSA) is 93.4 Å².